The van der Waals surface area contributed by atoms with Gasteiger partial charge in [-0.25, -0.2) is 13.1 Å². The van der Waals surface area contributed by atoms with E-state index in [0.717, 1.165) is 19.3 Å². The minimum atomic E-state index is -3.52. The van der Waals surface area contributed by atoms with Crippen molar-refractivity contribution in [1.29, 1.82) is 0 Å². The van der Waals surface area contributed by atoms with Crippen molar-refractivity contribution in [2.75, 3.05) is 0 Å². The highest BCUT2D eigenvalue weighted by molar-refractivity contribution is 7.89. The molecule has 0 heterocycles. The predicted octanol–water partition coefficient (Wildman–Crippen LogP) is 3.61. The Hall–Kier alpha value is -1.50. The molecule has 0 spiro atoms. The van der Waals surface area contributed by atoms with E-state index in [1.54, 1.807) is 24.3 Å². The second-order valence-corrected chi connectivity index (χ2v) is 7.99. The highest BCUT2D eigenvalue weighted by atomic mass is 32.2. The first kappa shape index (κ1) is 16.4. The van der Waals surface area contributed by atoms with E-state index in [1.165, 1.54) is 0 Å². The number of sulfonamides is 1. The van der Waals surface area contributed by atoms with Crippen molar-refractivity contribution in [3.8, 4) is 11.5 Å². The molecule has 1 aliphatic carbocycles. The van der Waals surface area contributed by atoms with Crippen LogP contribution in [-0.4, -0.2) is 19.7 Å². The third-order valence-electron chi connectivity index (χ3n) is 3.90. The van der Waals surface area contributed by atoms with Crippen molar-refractivity contribution in [1.82, 2.24) is 4.72 Å². The average molecular weight is 349 g/mol. The summed E-state index contributed by atoms with van der Waals surface area (Å²) in [6.07, 6.45) is 2.79. The zero-order valence-electron chi connectivity index (χ0n) is 12.6. The van der Waals surface area contributed by atoms with Crippen LogP contribution in [0.2, 0.25) is 0 Å². The van der Waals surface area contributed by atoms with Crippen LogP contribution in [0.25, 0.3) is 0 Å². The fourth-order valence-electron chi connectivity index (χ4n) is 2.66. The first-order valence-electron chi connectivity index (χ1n) is 7.58. The molecule has 4 nitrogen and oxygen atoms in total. The predicted molar refractivity (Wildman–Crippen MR) is 93.7 cm³/mol. The van der Waals surface area contributed by atoms with E-state index in [9.17, 15) is 8.42 Å². The van der Waals surface area contributed by atoms with E-state index in [1.807, 2.05) is 30.3 Å². The second kappa shape index (κ2) is 6.95. The summed E-state index contributed by atoms with van der Waals surface area (Å²) in [5.74, 6) is 1.31. The number of thiol groups is 1. The Balaban J connectivity index is 1.71. The first-order valence-corrected chi connectivity index (χ1v) is 9.58. The molecule has 0 bridgehead atoms. The molecule has 0 saturated heterocycles. The molecule has 0 radical (unpaired) electrons. The number of nitrogens with one attached hydrogen (secondary N) is 1. The van der Waals surface area contributed by atoms with Crippen molar-refractivity contribution >= 4 is 22.7 Å². The maximum atomic E-state index is 12.4. The molecule has 2 aromatic carbocycles. The lowest BCUT2D eigenvalue weighted by Crippen LogP contribution is -2.37. The average Bonchev–Trinajstić information content (AvgIpc) is 2.93. The minimum Gasteiger partial charge on any atom is -0.457 e. The van der Waals surface area contributed by atoms with Gasteiger partial charge in [-0.3, -0.25) is 0 Å². The highest BCUT2D eigenvalue weighted by Gasteiger charge is 2.28. The topological polar surface area (TPSA) is 55.4 Å². The van der Waals surface area contributed by atoms with Gasteiger partial charge in [0.2, 0.25) is 10.0 Å². The van der Waals surface area contributed by atoms with Gasteiger partial charge < -0.3 is 4.74 Å². The molecule has 6 heteroatoms. The van der Waals surface area contributed by atoms with Crippen molar-refractivity contribution < 1.29 is 13.2 Å². The fourth-order valence-corrected chi connectivity index (χ4v) is 4.47. The van der Waals surface area contributed by atoms with Gasteiger partial charge in [-0.2, -0.15) is 12.6 Å². The van der Waals surface area contributed by atoms with E-state index in [-0.39, 0.29) is 16.2 Å². The van der Waals surface area contributed by atoms with Crippen molar-refractivity contribution in [2.24, 2.45) is 0 Å². The summed E-state index contributed by atoms with van der Waals surface area (Å²) in [6, 6.07) is 15.7. The molecule has 23 heavy (non-hydrogen) atoms. The molecule has 1 N–H and O–H groups in total. The number of benzene rings is 2. The van der Waals surface area contributed by atoms with Gasteiger partial charge in [-0.1, -0.05) is 24.6 Å². The van der Waals surface area contributed by atoms with E-state index < -0.39 is 10.0 Å². The van der Waals surface area contributed by atoms with E-state index in [2.05, 4.69) is 17.4 Å². The van der Waals surface area contributed by atoms with Gasteiger partial charge in [-0.05, 0) is 49.2 Å². The molecule has 1 aliphatic rings. The van der Waals surface area contributed by atoms with Crippen LogP contribution >= 0.6 is 12.6 Å². The first-order chi connectivity index (χ1) is 11.0. The molecule has 0 amide bonds. The van der Waals surface area contributed by atoms with Crippen LogP contribution in [0.4, 0.5) is 0 Å². The Morgan fingerprint density at radius 3 is 2.22 bits per heavy atom. The summed E-state index contributed by atoms with van der Waals surface area (Å²) in [5, 5.41) is 0.0884. The summed E-state index contributed by atoms with van der Waals surface area (Å²) in [7, 11) is -3.52. The Bertz CT molecular complexity index is 745. The summed E-state index contributed by atoms with van der Waals surface area (Å²) in [4.78, 5) is 0.241. The SMILES string of the molecule is O=S(=O)(N[C@@H]1CCC[C@@H]1S)c1ccc(Oc2ccccc2)cc1. The van der Waals surface area contributed by atoms with Crippen LogP contribution < -0.4 is 9.46 Å². The van der Waals surface area contributed by atoms with Gasteiger partial charge in [-0.15, -0.1) is 0 Å². The molecule has 3 rings (SSSR count). The summed E-state index contributed by atoms with van der Waals surface area (Å²) >= 11 is 4.44. The lowest BCUT2D eigenvalue weighted by Gasteiger charge is -2.17. The molecule has 0 aromatic heterocycles. The molecular weight excluding hydrogens is 330 g/mol. The van der Waals surface area contributed by atoms with Crippen molar-refractivity contribution in [2.45, 2.75) is 35.4 Å². The lowest BCUT2D eigenvalue weighted by molar-refractivity contribution is 0.482. The Labute approximate surface area is 142 Å². The van der Waals surface area contributed by atoms with Gasteiger partial charge in [0.05, 0.1) is 4.90 Å². The van der Waals surface area contributed by atoms with Crippen LogP contribution in [0.5, 0.6) is 11.5 Å². The molecular formula is C17H19NO3S2. The van der Waals surface area contributed by atoms with Crippen LogP contribution in [0.15, 0.2) is 59.5 Å². The number of hydrogen-bond donors (Lipinski definition) is 2. The molecule has 1 fully saturated rings. The number of ether oxygens (including phenoxy) is 1. The van der Waals surface area contributed by atoms with Crippen LogP contribution in [0.3, 0.4) is 0 Å². The Kier molecular flexibility index (Phi) is 4.94. The second-order valence-electron chi connectivity index (χ2n) is 5.61. The summed E-state index contributed by atoms with van der Waals surface area (Å²) in [5.41, 5.74) is 0. The maximum absolute atomic E-state index is 12.4. The third-order valence-corrected chi connectivity index (χ3v) is 6.02. The Morgan fingerprint density at radius 1 is 0.957 bits per heavy atom. The Morgan fingerprint density at radius 2 is 1.61 bits per heavy atom. The number of rotatable bonds is 5. The van der Waals surface area contributed by atoms with E-state index in [4.69, 9.17) is 4.74 Å². The van der Waals surface area contributed by atoms with Gasteiger partial charge in [0.1, 0.15) is 11.5 Å². The fraction of sp³-hybridized carbons (Fsp3) is 0.294. The summed E-state index contributed by atoms with van der Waals surface area (Å²) in [6.45, 7) is 0. The van der Waals surface area contributed by atoms with Crippen molar-refractivity contribution in [3.05, 3.63) is 54.6 Å². The molecule has 122 valence electrons. The smallest absolute Gasteiger partial charge is 0.240 e. The lowest BCUT2D eigenvalue weighted by atomic mass is 10.3. The van der Waals surface area contributed by atoms with Gasteiger partial charge in [0.15, 0.2) is 0 Å². The number of hydrogen-bond acceptors (Lipinski definition) is 4. The maximum Gasteiger partial charge on any atom is 0.240 e. The van der Waals surface area contributed by atoms with Crippen molar-refractivity contribution in [3.63, 3.8) is 0 Å². The minimum absolute atomic E-state index is 0.0884. The van der Waals surface area contributed by atoms with E-state index in [0.29, 0.717) is 11.5 Å². The third kappa shape index (κ3) is 4.07. The standard InChI is InChI=1S/C17H19NO3S2/c19-23(20,18-16-7-4-8-17(16)22)15-11-9-14(10-12-15)21-13-5-2-1-3-6-13/h1-3,5-6,9-12,16-18,22H,4,7-8H2/t16-,17+/m1/s1. The molecule has 2 atom stereocenters. The van der Waals surface area contributed by atoms with Crippen LogP contribution in [0, 0.1) is 0 Å². The zero-order chi connectivity index (χ0) is 16.3. The zero-order valence-corrected chi connectivity index (χ0v) is 14.3. The molecule has 1 saturated carbocycles. The van der Waals surface area contributed by atoms with Crippen LogP contribution in [0.1, 0.15) is 19.3 Å². The largest absolute Gasteiger partial charge is 0.457 e. The monoisotopic (exact) mass is 349 g/mol. The highest BCUT2D eigenvalue weighted by Crippen LogP contribution is 2.26. The number of para-hydroxylation sites is 1. The molecule has 0 unspecified atom stereocenters. The van der Waals surface area contributed by atoms with Gasteiger partial charge in [0, 0.05) is 11.3 Å². The quantitative estimate of drug-likeness (QED) is 0.811. The van der Waals surface area contributed by atoms with Gasteiger partial charge >= 0.3 is 0 Å². The van der Waals surface area contributed by atoms with Crippen LogP contribution in [-0.2, 0) is 10.0 Å². The normalized spacial score (nSPS) is 21.3. The molecule has 0 aliphatic heterocycles. The summed E-state index contributed by atoms with van der Waals surface area (Å²) < 4.78 is 33.2. The molecule has 2 aromatic rings. The van der Waals surface area contributed by atoms with E-state index >= 15 is 0 Å². The van der Waals surface area contributed by atoms with Gasteiger partial charge in [0.25, 0.3) is 0 Å².